The Kier molecular flexibility index (Phi) is 7.87. The second-order valence-electron chi connectivity index (χ2n) is 4.18. The van der Waals surface area contributed by atoms with Crippen LogP contribution in [-0.2, 0) is 12.7 Å². The third-order valence-electron chi connectivity index (χ3n) is 2.54. The normalized spacial score (nSPS) is 12.5. The summed E-state index contributed by atoms with van der Waals surface area (Å²) in [6.07, 6.45) is -0.174. The lowest BCUT2D eigenvalue weighted by atomic mass is 10.3. The van der Waals surface area contributed by atoms with Gasteiger partial charge in [0, 0.05) is 19.0 Å². The van der Waals surface area contributed by atoms with E-state index in [1.165, 1.54) is 0 Å². The molecule has 0 amide bonds. The minimum absolute atomic E-state index is 0.227. The number of aliphatic imine (C=N–C) groups is 1. The number of nitrogens with one attached hydrogen (secondary N) is 2. The second kappa shape index (κ2) is 9.14. The number of halogens is 3. The Morgan fingerprint density at radius 1 is 1.38 bits per heavy atom. The van der Waals surface area contributed by atoms with Gasteiger partial charge < -0.3 is 10.6 Å². The van der Waals surface area contributed by atoms with Crippen molar-refractivity contribution in [1.82, 2.24) is 15.6 Å². The molecule has 1 aromatic heterocycles. The van der Waals surface area contributed by atoms with Gasteiger partial charge in [-0.1, -0.05) is 0 Å². The van der Waals surface area contributed by atoms with E-state index >= 15 is 0 Å². The SMILES string of the molecule is CN=C(NCCCCSC)NCc1nc(C(F)(F)F)cs1. The number of hydrogen-bond donors (Lipinski definition) is 2. The first-order chi connectivity index (χ1) is 9.97. The van der Waals surface area contributed by atoms with Crippen molar-refractivity contribution in [2.75, 3.05) is 25.6 Å². The molecule has 0 aliphatic rings. The van der Waals surface area contributed by atoms with E-state index in [4.69, 9.17) is 0 Å². The number of unbranched alkanes of at least 4 members (excludes halogenated alkanes) is 1. The second-order valence-corrected chi connectivity index (χ2v) is 6.10. The Balaban J connectivity index is 2.33. The molecule has 9 heteroatoms. The fourth-order valence-electron chi connectivity index (χ4n) is 1.48. The molecule has 4 nitrogen and oxygen atoms in total. The molecule has 0 radical (unpaired) electrons. The van der Waals surface area contributed by atoms with Crippen LogP contribution in [0.5, 0.6) is 0 Å². The first kappa shape index (κ1) is 18.1. The third-order valence-corrected chi connectivity index (χ3v) is 4.09. The van der Waals surface area contributed by atoms with Gasteiger partial charge in [0.2, 0.25) is 0 Å². The first-order valence-electron chi connectivity index (χ1n) is 6.42. The molecule has 0 aliphatic heterocycles. The van der Waals surface area contributed by atoms with E-state index in [1.54, 1.807) is 18.8 Å². The summed E-state index contributed by atoms with van der Waals surface area (Å²) >= 11 is 2.79. The number of thiazole rings is 1. The maximum absolute atomic E-state index is 12.4. The van der Waals surface area contributed by atoms with Gasteiger partial charge >= 0.3 is 6.18 Å². The van der Waals surface area contributed by atoms with Crippen LogP contribution in [0.4, 0.5) is 13.2 Å². The van der Waals surface area contributed by atoms with Gasteiger partial charge in [0.05, 0.1) is 6.54 Å². The highest BCUT2D eigenvalue weighted by atomic mass is 32.2. The van der Waals surface area contributed by atoms with Gasteiger partial charge in [0.15, 0.2) is 11.7 Å². The fourth-order valence-corrected chi connectivity index (χ4v) is 2.71. The minimum Gasteiger partial charge on any atom is -0.356 e. The van der Waals surface area contributed by atoms with E-state index in [0.29, 0.717) is 11.0 Å². The van der Waals surface area contributed by atoms with E-state index in [0.717, 1.165) is 41.9 Å². The van der Waals surface area contributed by atoms with Crippen molar-refractivity contribution in [3.8, 4) is 0 Å². The van der Waals surface area contributed by atoms with Crippen LogP contribution >= 0.6 is 23.1 Å². The van der Waals surface area contributed by atoms with E-state index in [9.17, 15) is 13.2 Å². The standard InChI is InChI=1S/C12H19F3N4S2/c1-16-11(17-5-3-4-6-20-2)18-7-10-19-9(8-21-10)12(13,14)15/h8H,3-7H2,1-2H3,(H2,16,17,18). The summed E-state index contributed by atoms with van der Waals surface area (Å²) in [5.41, 5.74) is -0.843. The topological polar surface area (TPSA) is 49.3 Å². The summed E-state index contributed by atoms with van der Waals surface area (Å²) < 4.78 is 37.3. The van der Waals surface area contributed by atoms with E-state index in [2.05, 4.69) is 26.9 Å². The Hall–Kier alpha value is -0.960. The van der Waals surface area contributed by atoms with Crippen LogP contribution in [0.3, 0.4) is 0 Å². The number of hydrogen-bond acceptors (Lipinski definition) is 4. The van der Waals surface area contributed by atoms with Crippen molar-refractivity contribution in [3.05, 3.63) is 16.1 Å². The summed E-state index contributed by atoms with van der Waals surface area (Å²) in [5.74, 6) is 1.69. The van der Waals surface area contributed by atoms with Crippen LogP contribution in [0.2, 0.25) is 0 Å². The predicted molar refractivity (Wildman–Crippen MR) is 82.9 cm³/mol. The van der Waals surface area contributed by atoms with Gasteiger partial charge in [-0.2, -0.15) is 24.9 Å². The molecule has 2 N–H and O–H groups in total. The summed E-state index contributed by atoms with van der Waals surface area (Å²) in [6, 6.07) is 0. The molecule has 0 saturated carbocycles. The Morgan fingerprint density at radius 3 is 2.71 bits per heavy atom. The zero-order chi connectivity index (χ0) is 15.7. The maximum Gasteiger partial charge on any atom is 0.434 e. The lowest BCUT2D eigenvalue weighted by Crippen LogP contribution is -2.37. The Bertz CT molecular complexity index is 446. The highest BCUT2D eigenvalue weighted by Gasteiger charge is 2.33. The third kappa shape index (κ3) is 7.03. The smallest absolute Gasteiger partial charge is 0.356 e. The quantitative estimate of drug-likeness (QED) is 0.455. The monoisotopic (exact) mass is 340 g/mol. The Morgan fingerprint density at radius 2 is 2.14 bits per heavy atom. The van der Waals surface area contributed by atoms with Crippen LogP contribution in [0.25, 0.3) is 0 Å². The molecular weight excluding hydrogens is 321 g/mol. The number of thioether (sulfide) groups is 1. The number of rotatable bonds is 7. The molecule has 0 aliphatic carbocycles. The van der Waals surface area contributed by atoms with Crippen LogP contribution < -0.4 is 10.6 Å². The molecule has 120 valence electrons. The number of nitrogens with zero attached hydrogens (tertiary/aromatic N) is 2. The molecule has 1 heterocycles. The lowest BCUT2D eigenvalue weighted by molar-refractivity contribution is -0.140. The Labute approximate surface area is 130 Å². The van der Waals surface area contributed by atoms with Gasteiger partial charge in [-0.05, 0) is 24.9 Å². The van der Waals surface area contributed by atoms with Crippen LogP contribution in [0.15, 0.2) is 10.4 Å². The van der Waals surface area contributed by atoms with E-state index in [-0.39, 0.29) is 6.54 Å². The molecule has 0 aromatic carbocycles. The average Bonchev–Trinajstić information content (AvgIpc) is 2.91. The summed E-state index contributed by atoms with van der Waals surface area (Å²) in [4.78, 5) is 7.57. The van der Waals surface area contributed by atoms with Gasteiger partial charge in [-0.25, -0.2) is 4.98 Å². The summed E-state index contributed by atoms with van der Waals surface area (Å²) in [6.45, 7) is 1.01. The lowest BCUT2D eigenvalue weighted by Gasteiger charge is -2.10. The largest absolute Gasteiger partial charge is 0.434 e. The molecule has 0 bridgehead atoms. The number of guanidine groups is 1. The molecule has 0 unspecified atom stereocenters. The average molecular weight is 340 g/mol. The fraction of sp³-hybridized carbons (Fsp3) is 0.667. The van der Waals surface area contributed by atoms with Crippen molar-refractivity contribution < 1.29 is 13.2 Å². The number of alkyl halides is 3. The highest BCUT2D eigenvalue weighted by molar-refractivity contribution is 7.98. The van der Waals surface area contributed by atoms with Crippen LogP contribution in [0.1, 0.15) is 23.5 Å². The van der Waals surface area contributed by atoms with E-state index < -0.39 is 11.9 Å². The molecule has 1 aromatic rings. The molecule has 0 spiro atoms. The summed E-state index contributed by atoms with van der Waals surface area (Å²) in [7, 11) is 1.63. The maximum atomic E-state index is 12.4. The van der Waals surface area contributed by atoms with Crippen LogP contribution in [-0.4, -0.2) is 36.5 Å². The molecule has 0 atom stereocenters. The van der Waals surface area contributed by atoms with Gasteiger partial charge in [0.25, 0.3) is 0 Å². The van der Waals surface area contributed by atoms with Crippen molar-refractivity contribution in [1.29, 1.82) is 0 Å². The van der Waals surface area contributed by atoms with Crippen molar-refractivity contribution in [2.24, 2.45) is 4.99 Å². The molecular formula is C12H19F3N4S2. The number of aromatic nitrogens is 1. The summed E-state index contributed by atoms with van der Waals surface area (Å²) in [5, 5.41) is 7.48. The first-order valence-corrected chi connectivity index (χ1v) is 8.69. The molecule has 0 saturated heterocycles. The van der Waals surface area contributed by atoms with Gasteiger partial charge in [-0.15, -0.1) is 11.3 Å². The van der Waals surface area contributed by atoms with Crippen molar-refractivity contribution in [2.45, 2.75) is 25.6 Å². The van der Waals surface area contributed by atoms with Crippen molar-refractivity contribution >= 4 is 29.1 Å². The zero-order valence-electron chi connectivity index (χ0n) is 12.0. The molecule has 1 rings (SSSR count). The van der Waals surface area contributed by atoms with Gasteiger partial charge in [-0.3, -0.25) is 4.99 Å². The highest BCUT2D eigenvalue weighted by Crippen LogP contribution is 2.29. The van der Waals surface area contributed by atoms with Crippen molar-refractivity contribution in [3.63, 3.8) is 0 Å². The van der Waals surface area contributed by atoms with E-state index in [1.807, 2.05) is 0 Å². The minimum atomic E-state index is -4.38. The van der Waals surface area contributed by atoms with Gasteiger partial charge in [0.1, 0.15) is 5.01 Å². The molecule has 0 fully saturated rings. The predicted octanol–water partition coefficient (Wildman–Crippen LogP) is 2.97. The molecule has 21 heavy (non-hydrogen) atoms. The zero-order valence-corrected chi connectivity index (χ0v) is 13.6. The van der Waals surface area contributed by atoms with Crippen LogP contribution in [0, 0.1) is 0 Å².